The van der Waals surface area contributed by atoms with E-state index in [-0.39, 0.29) is 12.1 Å². The second-order valence-electron chi connectivity index (χ2n) is 6.33. The Morgan fingerprint density at radius 1 is 1.14 bits per heavy atom. The standard InChI is InChI=1S/C17H24N2O2/c1-3-19-11-14-9-18(2)10-15(12-19)16(14)21-17(20)13-7-5-4-6-8-13/h4-8,14-16H,3,9-12H2,1-2H3. The van der Waals surface area contributed by atoms with Crippen LogP contribution in [0.2, 0.25) is 0 Å². The molecular weight excluding hydrogens is 264 g/mol. The molecule has 2 heterocycles. The van der Waals surface area contributed by atoms with E-state index in [9.17, 15) is 4.79 Å². The highest BCUT2D eigenvalue weighted by Gasteiger charge is 2.43. The van der Waals surface area contributed by atoms with Gasteiger partial charge in [0.1, 0.15) is 6.10 Å². The molecule has 1 aromatic rings. The zero-order valence-electron chi connectivity index (χ0n) is 12.9. The predicted molar refractivity (Wildman–Crippen MR) is 82.2 cm³/mol. The molecule has 2 aliphatic rings. The van der Waals surface area contributed by atoms with Crippen LogP contribution in [0.25, 0.3) is 0 Å². The molecular formula is C17H24N2O2. The van der Waals surface area contributed by atoms with Gasteiger partial charge < -0.3 is 14.5 Å². The number of carbonyl (C=O) groups excluding carboxylic acids is 1. The van der Waals surface area contributed by atoms with Gasteiger partial charge in [-0.1, -0.05) is 25.1 Å². The van der Waals surface area contributed by atoms with Crippen LogP contribution in [0.3, 0.4) is 0 Å². The molecule has 0 aromatic heterocycles. The third-order valence-electron chi connectivity index (χ3n) is 4.71. The smallest absolute Gasteiger partial charge is 0.338 e. The van der Waals surface area contributed by atoms with E-state index in [0.717, 1.165) is 32.7 Å². The van der Waals surface area contributed by atoms with Crippen molar-refractivity contribution < 1.29 is 9.53 Å². The fraction of sp³-hybridized carbons (Fsp3) is 0.588. The average Bonchev–Trinajstić information content (AvgIpc) is 2.48. The number of likely N-dealkylation sites (tertiary alicyclic amines) is 2. The van der Waals surface area contributed by atoms with Gasteiger partial charge in [-0.2, -0.15) is 0 Å². The van der Waals surface area contributed by atoms with E-state index in [0.29, 0.717) is 17.4 Å². The van der Waals surface area contributed by atoms with Crippen molar-refractivity contribution in [3.8, 4) is 0 Å². The van der Waals surface area contributed by atoms with Gasteiger partial charge in [0.25, 0.3) is 0 Å². The molecule has 2 atom stereocenters. The monoisotopic (exact) mass is 288 g/mol. The molecule has 4 heteroatoms. The van der Waals surface area contributed by atoms with E-state index in [2.05, 4.69) is 23.8 Å². The summed E-state index contributed by atoms with van der Waals surface area (Å²) in [6, 6.07) is 9.33. The van der Waals surface area contributed by atoms with Gasteiger partial charge in [0.05, 0.1) is 5.56 Å². The first-order valence-electron chi connectivity index (χ1n) is 7.84. The van der Waals surface area contributed by atoms with Gasteiger partial charge in [-0.15, -0.1) is 0 Å². The highest BCUT2D eigenvalue weighted by Crippen LogP contribution is 2.31. The normalized spacial score (nSPS) is 30.1. The van der Waals surface area contributed by atoms with Crippen LogP contribution in [0.15, 0.2) is 30.3 Å². The Kier molecular flexibility index (Phi) is 4.27. The second-order valence-corrected chi connectivity index (χ2v) is 6.33. The van der Waals surface area contributed by atoms with Gasteiger partial charge >= 0.3 is 5.97 Å². The maximum Gasteiger partial charge on any atom is 0.338 e. The number of esters is 1. The number of nitrogens with zero attached hydrogens (tertiary/aromatic N) is 2. The van der Waals surface area contributed by atoms with Gasteiger partial charge in [-0.05, 0) is 25.7 Å². The molecule has 0 N–H and O–H groups in total. The molecule has 0 radical (unpaired) electrons. The van der Waals surface area contributed by atoms with Gasteiger partial charge in [0, 0.05) is 38.0 Å². The van der Waals surface area contributed by atoms with Crippen molar-refractivity contribution >= 4 is 5.97 Å². The van der Waals surface area contributed by atoms with Crippen molar-refractivity contribution in [1.82, 2.24) is 9.80 Å². The molecule has 1 aromatic carbocycles. The largest absolute Gasteiger partial charge is 0.458 e. The van der Waals surface area contributed by atoms with Gasteiger partial charge in [0.2, 0.25) is 0 Å². The summed E-state index contributed by atoms with van der Waals surface area (Å²) in [7, 11) is 2.16. The zero-order valence-corrected chi connectivity index (χ0v) is 12.9. The maximum atomic E-state index is 12.3. The summed E-state index contributed by atoms with van der Waals surface area (Å²) < 4.78 is 5.89. The van der Waals surface area contributed by atoms with Crippen molar-refractivity contribution in [3.63, 3.8) is 0 Å². The third kappa shape index (κ3) is 3.11. The van der Waals surface area contributed by atoms with Crippen molar-refractivity contribution in [2.75, 3.05) is 39.8 Å². The van der Waals surface area contributed by atoms with Crippen LogP contribution in [0, 0.1) is 11.8 Å². The Morgan fingerprint density at radius 2 is 1.76 bits per heavy atom. The van der Waals surface area contributed by atoms with Crippen molar-refractivity contribution in [2.45, 2.75) is 13.0 Å². The fourth-order valence-electron chi connectivity index (χ4n) is 3.75. The summed E-state index contributed by atoms with van der Waals surface area (Å²) in [6.07, 6.45) is 0.0664. The molecule has 2 fully saturated rings. The number of fused-ring (bicyclic) bond motifs is 2. The van der Waals surface area contributed by atoms with Crippen LogP contribution < -0.4 is 0 Å². The molecule has 4 nitrogen and oxygen atoms in total. The molecule has 0 amide bonds. The summed E-state index contributed by atoms with van der Waals surface area (Å²) in [4.78, 5) is 17.2. The number of piperidine rings is 2. The highest BCUT2D eigenvalue weighted by atomic mass is 16.5. The second kappa shape index (κ2) is 6.16. The Bertz CT molecular complexity index is 475. The van der Waals surface area contributed by atoms with Crippen LogP contribution in [-0.4, -0.2) is 61.6 Å². The Labute approximate surface area is 126 Å². The third-order valence-corrected chi connectivity index (χ3v) is 4.71. The number of benzene rings is 1. The highest BCUT2D eigenvalue weighted by molar-refractivity contribution is 5.89. The van der Waals surface area contributed by atoms with Gasteiger partial charge in [-0.3, -0.25) is 0 Å². The van der Waals surface area contributed by atoms with Crippen LogP contribution in [0.5, 0.6) is 0 Å². The van der Waals surface area contributed by atoms with E-state index < -0.39 is 0 Å². The first-order valence-corrected chi connectivity index (χ1v) is 7.84. The van der Waals surface area contributed by atoms with Crippen LogP contribution in [0.1, 0.15) is 17.3 Å². The fourth-order valence-corrected chi connectivity index (χ4v) is 3.75. The number of ether oxygens (including phenoxy) is 1. The number of carbonyl (C=O) groups is 1. The quantitative estimate of drug-likeness (QED) is 0.793. The van der Waals surface area contributed by atoms with E-state index in [1.807, 2.05) is 30.3 Å². The topological polar surface area (TPSA) is 32.8 Å². The lowest BCUT2D eigenvalue weighted by atomic mass is 9.81. The summed E-state index contributed by atoms with van der Waals surface area (Å²) >= 11 is 0. The molecule has 2 bridgehead atoms. The number of hydrogen-bond acceptors (Lipinski definition) is 4. The van der Waals surface area contributed by atoms with Crippen LogP contribution in [0.4, 0.5) is 0 Å². The lowest BCUT2D eigenvalue weighted by molar-refractivity contribution is -0.0831. The average molecular weight is 288 g/mol. The lowest BCUT2D eigenvalue weighted by Gasteiger charge is -2.49. The Morgan fingerprint density at radius 3 is 2.33 bits per heavy atom. The van der Waals surface area contributed by atoms with Crippen molar-refractivity contribution in [2.24, 2.45) is 11.8 Å². The predicted octanol–water partition coefficient (Wildman–Crippen LogP) is 1.73. The van der Waals surface area contributed by atoms with Crippen molar-refractivity contribution in [1.29, 1.82) is 0 Å². The minimum atomic E-state index is -0.176. The molecule has 114 valence electrons. The summed E-state index contributed by atoms with van der Waals surface area (Å²) in [5, 5.41) is 0. The lowest BCUT2D eigenvalue weighted by Crippen LogP contribution is -2.60. The molecule has 0 aliphatic carbocycles. The number of hydrogen-bond donors (Lipinski definition) is 0. The first-order chi connectivity index (χ1) is 10.2. The first kappa shape index (κ1) is 14.5. The number of rotatable bonds is 3. The van der Waals surface area contributed by atoms with E-state index in [1.54, 1.807) is 0 Å². The molecule has 2 aliphatic heterocycles. The van der Waals surface area contributed by atoms with Gasteiger partial charge in [0.15, 0.2) is 0 Å². The summed E-state index contributed by atoms with van der Waals surface area (Å²) in [5.74, 6) is 0.676. The SMILES string of the molecule is CCN1CC2CN(C)CC(C1)C2OC(=O)c1ccccc1. The van der Waals surface area contributed by atoms with Crippen LogP contribution >= 0.6 is 0 Å². The van der Waals surface area contributed by atoms with Gasteiger partial charge in [-0.25, -0.2) is 4.79 Å². The molecule has 2 unspecified atom stereocenters. The minimum absolute atomic E-state index is 0.0664. The van der Waals surface area contributed by atoms with E-state index in [1.165, 1.54) is 0 Å². The molecule has 2 saturated heterocycles. The molecule has 21 heavy (non-hydrogen) atoms. The molecule has 3 rings (SSSR count). The minimum Gasteiger partial charge on any atom is -0.458 e. The van der Waals surface area contributed by atoms with E-state index >= 15 is 0 Å². The molecule has 0 spiro atoms. The zero-order chi connectivity index (χ0) is 14.8. The Hall–Kier alpha value is -1.39. The van der Waals surface area contributed by atoms with Crippen molar-refractivity contribution in [3.05, 3.63) is 35.9 Å². The maximum absolute atomic E-state index is 12.3. The Balaban J connectivity index is 1.71. The van der Waals surface area contributed by atoms with E-state index in [4.69, 9.17) is 4.74 Å². The van der Waals surface area contributed by atoms with Crippen LogP contribution in [-0.2, 0) is 4.74 Å². The molecule has 0 saturated carbocycles. The summed E-state index contributed by atoms with van der Waals surface area (Å²) in [5.41, 5.74) is 0.654. The summed E-state index contributed by atoms with van der Waals surface area (Å²) in [6.45, 7) is 7.37.